The van der Waals surface area contributed by atoms with Crippen molar-refractivity contribution in [2.75, 3.05) is 6.54 Å². The maximum absolute atomic E-state index is 12.9. The highest BCUT2D eigenvalue weighted by molar-refractivity contribution is 5.78. The van der Waals surface area contributed by atoms with Gasteiger partial charge in [-0.2, -0.15) is 0 Å². The number of amides is 1. The van der Waals surface area contributed by atoms with E-state index in [1.807, 2.05) is 19.9 Å². The fourth-order valence-electron chi connectivity index (χ4n) is 1.40. The van der Waals surface area contributed by atoms with E-state index in [1.165, 1.54) is 12.1 Å². The topological polar surface area (TPSA) is 41.1 Å². The minimum Gasteiger partial charge on any atom is -0.353 e. The Kier molecular flexibility index (Phi) is 5.63. The maximum Gasteiger partial charge on any atom is 0.234 e. The fraction of sp³-hybridized carbons (Fsp3) is 0.462. The summed E-state index contributed by atoms with van der Waals surface area (Å²) < 4.78 is 12.9. The lowest BCUT2D eigenvalue weighted by Gasteiger charge is -2.11. The summed E-state index contributed by atoms with van der Waals surface area (Å²) in [6, 6.07) is 6.53. The molecule has 0 fully saturated rings. The lowest BCUT2D eigenvalue weighted by atomic mass is 10.2. The van der Waals surface area contributed by atoms with E-state index in [4.69, 9.17) is 0 Å². The van der Waals surface area contributed by atoms with E-state index in [0.717, 1.165) is 12.0 Å². The van der Waals surface area contributed by atoms with Crippen LogP contribution in [0.3, 0.4) is 0 Å². The van der Waals surface area contributed by atoms with Gasteiger partial charge in [-0.15, -0.1) is 0 Å². The van der Waals surface area contributed by atoms with E-state index < -0.39 is 0 Å². The molecule has 4 heteroatoms. The molecule has 1 aromatic carbocycles. The number of hydrogen-bond donors (Lipinski definition) is 2. The maximum atomic E-state index is 12.9. The van der Waals surface area contributed by atoms with E-state index in [9.17, 15) is 9.18 Å². The molecule has 0 radical (unpaired) electrons. The second-order valence-corrected chi connectivity index (χ2v) is 4.11. The van der Waals surface area contributed by atoms with Crippen molar-refractivity contribution < 1.29 is 9.18 Å². The second kappa shape index (κ2) is 7.01. The van der Waals surface area contributed by atoms with Gasteiger partial charge in [0.2, 0.25) is 5.91 Å². The zero-order valence-corrected chi connectivity index (χ0v) is 10.3. The SMILES string of the molecule is CCC(C)NC(=O)CNCc1cccc(F)c1. The zero-order valence-electron chi connectivity index (χ0n) is 10.3. The molecule has 1 aromatic rings. The molecule has 1 amide bonds. The number of nitrogens with one attached hydrogen (secondary N) is 2. The molecule has 0 heterocycles. The molecule has 0 aliphatic rings. The molecule has 0 aromatic heterocycles. The summed E-state index contributed by atoms with van der Waals surface area (Å²) in [4.78, 5) is 11.4. The predicted octanol–water partition coefficient (Wildman–Crippen LogP) is 1.83. The summed E-state index contributed by atoms with van der Waals surface area (Å²) in [5.74, 6) is -0.288. The van der Waals surface area contributed by atoms with E-state index in [-0.39, 0.29) is 24.3 Å². The summed E-state index contributed by atoms with van der Waals surface area (Å²) in [6.07, 6.45) is 0.912. The van der Waals surface area contributed by atoms with Gasteiger partial charge in [0.15, 0.2) is 0 Å². The standard InChI is InChI=1S/C13H19FN2O/c1-3-10(2)16-13(17)9-15-8-11-5-4-6-12(14)7-11/h4-7,10,15H,3,8-9H2,1-2H3,(H,16,17). The molecular formula is C13H19FN2O. The summed E-state index contributed by atoms with van der Waals surface area (Å²) in [6.45, 7) is 4.72. The Balaban J connectivity index is 2.26. The molecule has 1 rings (SSSR count). The Morgan fingerprint density at radius 1 is 1.47 bits per heavy atom. The van der Waals surface area contributed by atoms with Crippen LogP contribution in [0.4, 0.5) is 4.39 Å². The van der Waals surface area contributed by atoms with Crippen LogP contribution in [0.5, 0.6) is 0 Å². The van der Waals surface area contributed by atoms with Gasteiger partial charge in [0.05, 0.1) is 6.54 Å². The number of carbonyl (C=O) groups excluding carboxylic acids is 1. The van der Waals surface area contributed by atoms with Crippen molar-refractivity contribution in [1.82, 2.24) is 10.6 Å². The van der Waals surface area contributed by atoms with Crippen LogP contribution >= 0.6 is 0 Å². The highest BCUT2D eigenvalue weighted by Gasteiger charge is 2.04. The Morgan fingerprint density at radius 2 is 2.24 bits per heavy atom. The molecule has 0 aliphatic heterocycles. The first-order valence-electron chi connectivity index (χ1n) is 5.86. The molecule has 3 nitrogen and oxygen atoms in total. The molecule has 2 N–H and O–H groups in total. The van der Waals surface area contributed by atoms with Crippen LogP contribution in [-0.2, 0) is 11.3 Å². The molecular weight excluding hydrogens is 219 g/mol. The largest absolute Gasteiger partial charge is 0.353 e. The van der Waals surface area contributed by atoms with Gasteiger partial charge in [0.25, 0.3) is 0 Å². The minimum absolute atomic E-state index is 0.0317. The molecule has 94 valence electrons. The molecule has 0 bridgehead atoms. The van der Waals surface area contributed by atoms with Gasteiger partial charge >= 0.3 is 0 Å². The van der Waals surface area contributed by atoms with Gasteiger partial charge in [-0.3, -0.25) is 4.79 Å². The predicted molar refractivity (Wildman–Crippen MR) is 66.0 cm³/mol. The van der Waals surface area contributed by atoms with Crippen molar-refractivity contribution in [3.63, 3.8) is 0 Å². The van der Waals surface area contributed by atoms with Gasteiger partial charge < -0.3 is 10.6 Å². The summed E-state index contributed by atoms with van der Waals surface area (Å²) in [5, 5.41) is 5.83. The molecule has 1 atom stereocenters. The zero-order chi connectivity index (χ0) is 12.7. The van der Waals surface area contributed by atoms with Crippen LogP contribution in [-0.4, -0.2) is 18.5 Å². The quantitative estimate of drug-likeness (QED) is 0.794. The monoisotopic (exact) mass is 238 g/mol. The Labute approximate surface area is 101 Å². The molecule has 1 unspecified atom stereocenters. The lowest BCUT2D eigenvalue weighted by Crippen LogP contribution is -2.38. The first-order valence-corrected chi connectivity index (χ1v) is 5.86. The highest BCUT2D eigenvalue weighted by atomic mass is 19.1. The molecule has 0 aliphatic carbocycles. The van der Waals surface area contributed by atoms with Gasteiger partial charge in [-0.05, 0) is 31.0 Å². The van der Waals surface area contributed by atoms with E-state index in [0.29, 0.717) is 6.54 Å². The average molecular weight is 238 g/mol. The van der Waals surface area contributed by atoms with E-state index in [1.54, 1.807) is 6.07 Å². The van der Waals surface area contributed by atoms with Crippen LogP contribution < -0.4 is 10.6 Å². The first-order chi connectivity index (χ1) is 8.11. The van der Waals surface area contributed by atoms with Crippen LogP contribution in [0.2, 0.25) is 0 Å². The minimum atomic E-state index is -0.256. The van der Waals surface area contributed by atoms with Gasteiger partial charge in [0.1, 0.15) is 5.82 Å². The third-order valence-corrected chi connectivity index (χ3v) is 2.52. The van der Waals surface area contributed by atoms with E-state index >= 15 is 0 Å². The number of rotatable bonds is 6. The van der Waals surface area contributed by atoms with Crippen LogP contribution in [0.15, 0.2) is 24.3 Å². The average Bonchev–Trinajstić information content (AvgIpc) is 2.29. The molecule has 0 spiro atoms. The van der Waals surface area contributed by atoms with Crippen molar-refractivity contribution in [1.29, 1.82) is 0 Å². The number of halogens is 1. The van der Waals surface area contributed by atoms with Crippen LogP contribution in [0, 0.1) is 5.82 Å². The van der Waals surface area contributed by atoms with Gasteiger partial charge in [-0.25, -0.2) is 4.39 Å². The molecule has 0 saturated carbocycles. The van der Waals surface area contributed by atoms with Crippen molar-refractivity contribution in [2.45, 2.75) is 32.9 Å². The lowest BCUT2D eigenvalue weighted by molar-refractivity contribution is -0.120. The second-order valence-electron chi connectivity index (χ2n) is 4.11. The number of carbonyl (C=O) groups is 1. The summed E-state index contributed by atoms with van der Waals surface area (Å²) in [5.41, 5.74) is 0.835. The van der Waals surface area contributed by atoms with Crippen molar-refractivity contribution in [2.24, 2.45) is 0 Å². The van der Waals surface area contributed by atoms with Crippen molar-refractivity contribution in [3.05, 3.63) is 35.6 Å². The van der Waals surface area contributed by atoms with Crippen LogP contribution in [0.25, 0.3) is 0 Å². The molecule has 0 saturated heterocycles. The smallest absolute Gasteiger partial charge is 0.234 e. The van der Waals surface area contributed by atoms with Crippen LogP contribution in [0.1, 0.15) is 25.8 Å². The fourth-order valence-corrected chi connectivity index (χ4v) is 1.40. The van der Waals surface area contributed by atoms with Crippen molar-refractivity contribution in [3.8, 4) is 0 Å². The summed E-state index contributed by atoms with van der Waals surface area (Å²) >= 11 is 0. The normalized spacial score (nSPS) is 12.2. The Morgan fingerprint density at radius 3 is 2.88 bits per heavy atom. The highest BCUT2D eigenvalue weighted by Crippen LogP contribution is 2.02. The number of benzene rings is 1. The molecule has 17 heavy (non-hydrogen) atoms. The first kappa shape index (κ1) is 13.6. The third kappa shape index (κ3) is 5.45. The van der Waals surface area contributed by atoms with Gasteiger partial charge in [-0.1, -0.05) is 19.1 Å². The Hall–Kier alpha value is -1.42. The van der Waals surface area contributed by atoms with Gasteiger partial charge in [0, 0.05) is 12.6 Å². The summed E-state index contributed by atoms with van der Waals surface area (Å²) in [7, 11) is 0. The Bertz CT molecular complexity index is 368. The van der Waals surface area contributed by atoms with Crippen molar-refractivity contribution >= 4 is 5.91 Å². The number of hydrogen-bond acceptors (Lipinski definition) is 2. The third-order valence-electron chi connectivity index (χ3n) is 2.52. The van der Waals surface area contributed by atoms with E-state index in [2.05, 4.69) is 10.6 Å².